The van der Waals surface area contributed by atoms with Crippen LogP contribution in [0.15, 0.2) is 91.5 Å². The molecule has 0 aliphatic rings. The molecular weight excluding hydrogens is 426 g/mol. The van der Waals surface area contributed by atoms with Gasteiger partial charge < -0.3 is 4.57 Å². The number of hydrogen-bond donors (Lipinski definition) is 0. The van der Waals surface area contributed by atoms with E-state index in [9.17, 15) is 0 Å². The Labute approximate surface area is 205 Å². The second-order valence-corrected chi connectivity index (χ2v) is 9.53. The van der Waals surface area contributed by atoms with Crippen molar-refractivity contribution < 1.29 is 0 Å². The first-order valence-electron chi connectivity index (χ1n) is 12.0. The molecule has 0 N–H and O–H groups in total. The van der Waals surface area contributed by atoms with E-state index in [0.717, 1.165) is 27.5 Å². The van der Waals surface area contributed by atoms with Crippen LogP contribution in [0.2, 0.25) is 0 Å². The second kappa shape index (κ2) is 8.21. The summed E-state index contributed by atoms with van der Waals surface area (Å²) in [5, 5.41) is 2.24. The van der Waals surface area contributed by atoms with Gasteiger partial charge >= 0.3 is 0 Å². The van der Waals surface area contributed by atoms with Crippen LogP contribution in [0.4, 0.5) is 0 Å². The standard InChI is InChI=1S/C32H27N3/c1-20-5-7-27(22(3)13-20)24-14-21(2)15-25(17-24)28-8-6-26(16-23(28)4)35-31-9-11-33-18-29(31)30-19-34-12-10-32(30)35/h5-19H,1-4H3. The summed E-state index contributed by atoms with van der Waals surface area (Å²) in [6.07, 6.45) is 7.57. The molecule has 3 nitrogen and oxygen atoms in total. The van der Waals surface area contributed by atoms with Crippen molar-refractivity contribution in [3.05, 3.63) is 114 Å². The topological polar surface area (TPSA) is 30.7 Å². The van der Waals surface area contributed by atoms with Crippen molar-refractivity contribution in [2.45, 2.75) is 27.7 Å². The predicted molar refractivity (Wildman–Crippen MR) is 146 cm³/mol. The zero-order valence-electron chi connectivity index (χ0n) is 20.5. The van der Waals surface area contributed by atoms with Crippen molar-refractivity contribution in [2.75, 3.05) is 0 Å². The first-order valence-corrected chi connectivity index (χ1v) is 12.0. The average Bonchev–Trinajstić information content (AvgIpc) is 3.18. The lowest BCUT2D eigenvalue weighted by Crippen LogP contribution is -1.96. The summed E-state index contributed by atoms with van der Waals surface area (Å²) in [4.78, 5) is 8.71. The molecule has 0 aliphatic carbocycles. The maximum Gasteiger partial charge on any atom is 0.0572 e. The summed E-state index contributed by atoms with van der Waals surface area (Å²) in [6, 6.07) is 24.5. The summed E-state index contributed by atoms with van der Waals surface area (Å²) < 4.78 is 2.31. The lowest BCUT2D eigenvalue weighted by molar-refractivity contribution is 1.16. The van der Waals surface area contributed by atoms with Crippen molar-refractivity contribution in [2.24, 2.45) is 0 Å². The fourth-order valence-corrected chi connectivity index (χ4v) is 5.33. The first-order chi connectivity index (χ1) is 17.0. The maximum atomic E-state index is 4.35. The number of pyridine rings is 2. The van der Waals surface area contributed by atoms with Crippen LogP contribution in [0.3, 0.4) is 0 Å². The number of aromatic nitrogens is 3. The molecule has 0 amide bonds. The molecule has 6 rings (SSSR count). The van der Waals surface area contributed by atoms with Gasteiger partial charge in [-0.25, -0.2) is 0 Å². The van der Waals surface area contributed by atoms with Gasteiger partial charge in [-0.05, 0) is 97.0 Å². The van der Waals surface area contributed by atoms with Gasteiger partial charge in [-0.1, -0.05) is 42.0 Å². The highest BCUT2D eigenvalue weighted by molar-refractivity contribution is 6.08. The van der Waals surface area contributed by atoms with Gasteiger partial charge in [0.15, 0.2) is 0 Å². The summed E-state index contributed by atoms with van der Waals surface area (Å²) in [5.74, 6) is 0. The molecule has 0 fully saturated rings. The van der Waals surface area contributed by atoms with Gasteiger partial charge in [0.05, 0.1) is 11.0 Å². The third-order valence-electron chi connectivity index (χ3n) is 6.92. The minimum absolute atomic E-state index is 1.12. The van der Waals surface area contributed by atoms with Crippen LogP contribution in [-0.4, -0.2) is 14.5 Å². The molecule has 35 heavy (non-hydrogen) atoms. The van der Waals surface area contributed by atoms with Crippen LogP contribution in [0, 0.1) is 27.7 Å². The molecule has 0 aliphatic heterocycles. The monoisotopic (exact) mass is 453 g/mol. The molecule has 6 aromatic rings. The van der Waals surface area contributed by atoms with Crippen molar-refractivity contribution in [1.29, 1.82) is 0 Å². The van der Waals surface area contributed by atoms with Crippen LogP contribution in [0.5, 0.6) is 0 Å². The van der Waals surface area contributed by atoms with E-state index >= 15 is 0 Å². The van der Waals surface area contributed by atoms with E-state index in [1.54, 1.807) is 0 Å². The van der Waals surface area contributed by atoms with Crippen LogP contribution in [0.25, 0.3) is 49.7 Å². The Morgan fingerprint density at radius 2 is 1.11 bits per heavy atom. The number of fused-ring (bicyclic) bond motifs is 3. The summed E-state index contributed by atoms with van der Waals surface area (Å²) in [7, 11) is 0. The van der Waals surface area contributed by atoms with Gasteiger partial charge in [-0.3, -0.25) is 9.97 Å². The van der Waals surface area contributed by atoms with E-state index in [4.69, 9.17) is 0 Å². The zero-order chi connectivity index (χ0) is 24.1. The van der Waals surface area contributed by atoms with Crippen molar-refractivity contribution in [3.63, 3.8) is 0 Å². The molecule has 3 aromatic heterocycles. The minimum atomic E-state index is 1.12. The summed E-state index contributed by atoms with van der Waals surface area (Å²) >= 11 is 0. The Morgan fingerprint density at radius 3 is 1.69 bits per heavy atom. The highest BCUT2D eigenvalue weighted by atomic mass is 15.0. The van der Waals surface area contributed by atoms with E-state index in [1.165, 1.54) is 44.5 Å². The molecule has 0 bridgehead atoms. The lowest BCUT2D eigenvalue weighted by Gasteiger charge is -2.15. The predicted octanol–water partition coefficient (Wildman–Crippen LogP) is 8.14. The third kappa shape index (κ3) is 3.60. The van der Waals surface area contributed by atoms with Crippen LogP contribution in [0.1, 0.15) is 22.3 Å². The molecule has 170 valence electrons. The van der Waals surface area contributed by atoms with Crippen molar-refractivity contribution in [1.82, 2.24) is 14.5 Å². The molecule has 0 radical (unpaired) electrons. The largest absolute Gasteiger partial charge is 0.309 e. The Balaban J connectivity index is 1.49. The number of rotatable bonds is 3. The number of benzene rings is 3. The van der Waals surface area contributed by atoms with Crippen LogP contribution >= 0.6 is 0 Å². The Bertz CT molecular complexity index is 1690. The molecule has 0 saturated carbocycles. The lowest BCUT2D eigenvalue weighted by atomic mass is 9.92. The van der Waals surface area contributed by atoms with E-state index in [-0.39, 0.29) is 0 Å². The maximum absolute atomic E-state index is 4.35. The van der Waals surface area contributed by atoms with Gasteiger partial charge in [0.25, 0.3) is 0 Å². The Hall–Kier alpha value is -4.24. The van der Waals surface area contributed by atoms with Gasteiger partial charge in [0.2, 0.25) is 0 Å². The SMILES string of the molecule is Cc1cc(-c2ccc(C)cc2C)cc(-c2ccc(-n3c4ccncc4c4cnccc43)cc2C)c1. The van der Waals surface area contributed by atoms with Gasteiger partial charge in [0.1, 0.15) is 0 Å². The summed E-state index contributed by atoms with van der Waals surface area (Å²) in [6.45, 7) is 8.73. The van der Waals surface area contributed by atoms with Crippen LogP contribution < -0.4 is 0 Å². The highest BCUT2D eigenvalue weighted by Crippen LogP contribution is 2.35. The molecule has 0 saturated heterocycles. The van der Waals surface area contributed by atoms with E-state index in [1.807, 2.05) is 24.8 Å². The van der Waals surface area contributed by atoms with Crippen molar-refractivity contribution in [3.8, 4) is 27.9 Å². The molecule has 0 unspecified atom stereocenters. The second-order valence-electron chi connectivity index (χ2n) is 9.53. The summed E-state index contributed by atoms with van der Waals surface area (Å²) in [5.41, 5.74) is 13.6. The van der Waals surface area contributed by atoms with E-state index in [2.05, 4.69) is 109 Å². The Kier molecular flexibility index (Phi) is 5.00. The van der Waals surface area contributed by atoms with Crippen molar-refractivity contribution >= 4 is 21.8 Å². The quantitative estimate of drug-likeness (QED) is 0.271. The normalized spacial score (nSPS) is 11.4. The Morgan fingerprint density at radius 1 is 0.543 bits per heavy atom. The molecule has 0 atom stereocenters. The number of aryl methyl sites for hydroxylation is 4. The third-order valence-corrected chi connectivity index (χ3v) is 6.92. The van der Waals surface area contributed by atoms with Gasteiger partial charge in [-0.2, -0.15) is 0 Å². The molecular formula is C32H27N3. The average molecular weight is 454 g/mol. The van der Waals surface area contributed by atoms with E-state index < -0.39 is 0 Å². The fraction of sp³-hybridized carbons (Fsp3) is 0.125. The first kappa shape index (κ1) is 21.3. The zero-order valence-corrected chi connectivity index (χ0v) is 20.5. The molecule has 3 heteroatoms. The number of nitrogens with zero attached hydrogens (tertiary/aromatic N) is 3. The van der Waals surface area contributed by atoms with E-state index in [0.29, 0.717) is 0 Å². The van der Waals surface area contributed by atoms with Gasteiger partial charge in [-0.15, -0.1) is 0 Å². The fourth-order valence-electron chi connectivity index (χ4n) is 5.33. The molecule has 0 spiro atoms. The number of hydrogen-bond acceptors (Lipinski definition) is 2. The van der Waals surface area contributed by atoms with Crippen LogP contribution in [-0.2, 0) is 0 Å². The minimum Gasteiger partial charge on any atom is -0.309 e. The highest BCUT2D eigenvalue weighted by Gasteiger charge is 2.14. The smallest absolute Gasteiger partial charge is 0.0572 e. The molecule has 3 heterocycles. The van der Waals surface area contributed by atoms with Gasteiger partial charge in [0, 0.05) is 41.2 Å². The molecule has 3 aromatic carbocycles.